The highest BCUT2D eigenvalue weighted by Gasteiger charge is 2.54. The summed E-state index contributed by atoms with van der Waals surface area (Å²) in [4.78, 5) is 66.5. The van der Waals surface area contributed by atoms with Gasteiger partial charge in [-0.3, -0.25) is 19.8 Å². The Balaban J connectivity index is 1.75. The Morgan fingerprint density at radius 3 is 2.58 bits per heavy atom. The smallest absolute Gasteiger partial charge is 0.413 e. The molecule has 2 atom stereocenters. The predicted molar refractivity (Wildman–Crippen MR) is 140 cm³/mol. The molecule has 0 unspecified atom stereocenters. The third kappa shape index (κ3) is 6.83. The number of anilines is 1. The monoisotopic (exact) mass is 567 g/mol. The summed E-state index contributed by atoms with van der Waals surface area (Å²) in [5, 5.41) is 16.1. The molecule has 1 fully saturated rings. The predicted octanol–water partition coefficient (Wildman–Crippen LogP) is 2.36. The van der Waals surface area contributed by atoms with Crippen molar-refractivity contribution in [1.29, 1.82) is 0 Å². The molecule has 0 saturated carbocycles. The van der Waals surface area contributed by atoms with E-state index in [1.165, 1.54) is 11.8 Å². The van der Waals surface area contributed by atoms with Gasteiger partial charge in [0, 0.05) is 16.7 Å². The van der Waals surface area contributed by atoms with Crippen molar-refractivity contribution in [2.45, 2.75) is 51.6 Å². The number of amides is 4. The van der Waals surface area contributed by atoms with E-state index in [1.54, 1.807) is 32.2 Å². The van der Waals surface area contributed by atoms with Crippen molar-refractivity contribution >= 4 is 63.8 Å². The van der Waals surface area contributed by atoms with Gasteiger partial charge in [0.05, 0.1) is 11.3 Å². The Kier molecular flexibility index (Phi) is 8.72. The molecule has 1 saturated heterocycles. The van der Waals surface area contributed by atoms with Gasteiger partial charge >= 0.3 is 18.2 Å². The van der Waals surface area contributed by atoms with Crippen LogP contribution in [0.3, 0.4) is 0 Å². The Morgan fingerprint density at radius 1 is 1.32 bits per heavy atom. The van der Waals surface area contributed by atoms with Crippen LogP contribution in [-0.4, -0.2) is 74.3 Å². The molecule has 15 heteroatoms. The van der Waals surface area contributed by atoms with E-state index >= 15 is 0 Å². The summed E-state index contributed by atoms with van der Waals surface area (Å²) in [6.45, 7) is 8.56. The van der Waals surface area contributed by atoms with Crippen molar-refractivity contribution in [3.63, 3.8) is 0 Å². The topological polar surface area (TPSA) is 190 Å². The number of hydrogen-bond acceptors (Lipinski definition) is 10. The number of hydrogen-bond donors (Lipinski definition) is 4. The number of aliphatic carboxylic acids is 1. The van der Waals surface area contributed by atoms with E-state index in [2.05, 4.69) is 15.6 Å². The molecule has 13 nitrogen and oxygen atoms in total. The minimum Gasteiger partial charge on any atom is -0.477 e. The number of thioether (sulfide) groups is 1. The van der Waals surface area contributed by atoms with Crippen molar-refractivity contribution in [3.05, 3.63) is 28.4 Å². The van der Waals surface area contributed by atoms with Crippen LogP contribution in [0.4, 0.5) is 14.7 Å². The number of allylic oxidation sites excluding steroid dienone is 1. The first-order valence-corrected chi connectivity index (χ1v) is 13.4. The fraction of sp³-hybridized carbons (Fsp3) is 0.478. The summed E-state index contributed by atoms with van der Waals surface area (Å²) in [6.07, 6.45) is -0.0710. The van der Waals surface area contributed by atoms with Crippen molar-refractivity contribution in [1.82, 2.24) is 15.2 Å². The number of rotatable bonds is 8. The van der Waals surface area contributed by atoms with E-state index in [9.17, 15) is 29.1 Å². The maximum atomic E-state index is 13.3. The van der Waals surface area contributed by atoms with Gasteiger partial charge in [0.2, 0.25) is 0 Å². The zero-order valence-corrected chi connectivity index (χ0v) is 23.0. The van der Waals surface area contributed by atoms with Crippen LogP contribution in [-0.2, 0) is 23.9 Å². The van der Waals surface area contributed by atoms with Crippen LogP contribution < -0.4 is 16.4 Å². The van der Waals surface area contributed by atoms with Gasteiger partial charge < -0.3 is 25.6 Å². The fourth-order valence-corrected chi connectivity index (χ4v) is 5.65. The van der Waals surface area contributed by atoms with E-state index in [4.69, 9.17) is 15.2 Å². The average Bonchev–Trinajstić information content (AvgIpc) is 3.24. The second-order valence-corrected chi connectivity index (χ2v) is 11.7. The summed E-state index contributed by atoms with van der Waals surface area (Å²) in [7, 11) is 0. The normalized spacial score (nSPS) is 19.5. The second-order valence-electron chi connectivity index (χ2n) is 9.72. The molecule has 206 valence electrons. The molecule has 3 rings (SSSR count). The van der Waals surface area contributed by atoms with Gasteiger partial charge in [-0.1, -0.05) is 19.9 Å². The highest BCUT2D eigenvalue weighted by atomic mass is 32.2. The summed E-state index contributed by atoms with van der Waals surface area (Å²) in [5.74, 6) is -2.43. The maximum absolute atomic E-state index is 13.3. The van der Waals surface area contributed by atoms with Crippen molar-refractivity contribution < 1.29 is 38.6 Å². The number of fused-ring (bicyclic) bond motifs is 1. The van der Waals surface area contributed by atoms with Crippen LogP contribution in [0.2, 0.25) is 0 Å². The summed E-state index contributed by atoms with van der Waals surface area (Å²) >= 11 is 2.33. The van der Waals surface area contributed by atoms with Crippen LogP contribution in [0, 0.1) is 5.92 Å². The van der Waals surface area contributed by atoms with Crippen LogP contribution in [0.25, 0.3) is 5.57 Å². The molecular weight excluding hydrogens is 538 g/mol. The Hall–Kier alpha value is -3.59. The number of aromatic nitrogens is 1. The van der Waals surface area contributed by atoms with Gasteiger partial charge in [-0.05, 0) is 26.7 Å². The van der Waals surface area contributed by atoms with E-state index < -0.39 is 47.0 Å². The molecule has 2 aliphatic heterocycles. The van der Waals surface area contributed by atoms with Crippen LogP contribution in [0.5, 0.6) is 0 Å². The Morgan fingerprint density at radius 2 is 2.00 bits per heavy atom. The lowest BCUT2D eigenvalue weighted by atomic mass is 10.0. The summed E-state index contributed by atoms with van der Waals surface area (Å²) < 4.78 is 9.93. The largest absolute Gasteiger partial charge is 0.477 e. The van der Waals surface area contributed by atoms with E-state index in [0.29, 0.717) is 5.69 Å². The number of primary amides is 1. The number of thiazole rings is 1. The molecule has 38 heavy (non-hydrogen) atoms. The van der Waals surface area contributed by atoms with Crippen LogP contribution in [0.1, 0.15) is 40.3 Å². The lowest BCUT2D eigenvalue weighted by molar-refractivity contribution is -0.150. The van der Waals surface area contributed by atoms with Gasteiger partial charge in [0.15, 0.2) is 5.13 Å². The number of nitrogens with zero attached hydrogens (tertiary/aromatic N) is 2. The number of carbonyl (C=O) groups excluding carboxylic acids is 4. The van der Waals surface area contributed by atoms with Gasteiger partial charge in [0.25, 0.3) is 11.8 Å². The number of nitrogens with one attached hydrogen (secondary N) is 2. The third-order valence-corrected chi connectivity index (χ3v) is 7.16. The molecule has 5 N–H and O–H groups in total. The highest BCUT2D eigenvalue weighted by Crippen LogP contribution is 2.40. The molecule has 4 amide bonds. The van der Waals surface area contributed by atoms with Crippen LogP contribution in [0.15, 0.2) is 22.7 Å². The quantitative estimate of drug-likeness (QED) is 0.268. The lowest BCUT2D eigenvalue weighted by Gasteiger charge is -2.49. The van der Waals surface area contributed by atoms with Crippen molar-refractivity contribution in [3.8, 4) is 0 Å². The van der Waals surface area contributed by atoms with Gasteiger partial charge in [0.1, 0.15) is 29.3 Å². The first-order valence-electron chi connectivity index (χ1n) is 11.5. The maximum Gasteiger partial charge on any atom is 0.413 e. The lowest BCUT2D eigenvalue weighted by Crippen LogP contribution is -2.70. The summed E-state index contributed by atoms with van der Waals surface area (Å²) in [6, 6.07) is -0.978. The van der Waals surface area contributed by atoms with Gasteiger partial charge in [-0.25, -0.2) is 19.4 Å². The summed E-state index contributed by atoms with van der Waals surface area (Å²) in [5.41, 5.74) is 4.70. The molecule has 3 heterocycles. The Labute approximate surface area is 226 Å². The zero-order chi connectivity index (χ0) is 28.4. The Bertz CT molecular complexity index is 1220. The van der Waals surface area contributed by atoms with Gasteiger partial charge in [-0.2, -0.15) is 0 Å². The number of ether oxygens (including phenoxy) is 2. The molecule has 0 bridgehead atoms. The fourth-order valence-electron chi connectivity index (χ4n) is 3.63. The molecule has 0 radical (unpaired) electrons. The molecule has 0 aliphatic carbocycles. The molecule has 1 aromatic heterocycles. The van der Waals surface area contributed by atoms with Gasteiger partial charge in [-0.15, -0.1) is 23.1 Å². The molecule has 0 spiro atoms. The number of β-lactam (4-membered cyclic amide) rings is 1. The molecule has 0 aromatic carbocycles. The highest BCUT2D eigenvalue weighted by molar-refractivity contribution is 8.00. The standard InChI is InChI=1S/C23H29N5O8S2/c1-10(2)6-12(13-9-38-21(25-13)27-22(34)36-23(3,4)5)16(29)26-14-17(30)28-15(19(31)32)11(7-35-20(24)33)8-37-18(14)28/h6,9-10,14,18H,7-8H2,1-5H3,(H2,24,33)(H,26,29)(H,31,32)(H,25,27,34)/b12-6-/t14-,18-/m1/s1. The SMILES string of the molecule is CC(C)/C=C(\C(=O)N[C@@H]1C(=O)N2C(C(=O)O)=C(COC(N)=O)CS[C@H]12)c1csc(NC(=O)OC(C)(C)C)n1. The zero-order valence-electron chi connectivity index (χ0n) is 21.4. The van der Waals surface area contributed by atoms with Crippen LogP contribution >= 0.6 is 23.1 Å². The number of carboxylic acids is 1. The minimum atomic E-state index is -1.36. The first-order chi connectivity index (χ1) is 17.7. The third-order valence-electron chi connectivity index (χ3n) is 5.06. The van der Waals surface area contributed by atoms with Crippen molar-refractivity contribution in [2.24, 2.45) is 11.7 Å². The van der Waals surface area contributed by atoms with E-state index in [1.807, 2.05) is 13.8 Å². The molecule has 1 aromatic rings. The molecule has 2 aliphatic rings. The minimum absolute atomic E-state index is 0.0493. The first kappa shape index (κ1) is 29.0. The molecular formula is C23H29N5O8S2. The number of carbonyl (C=O) groups is 5. The number of nitrogens with two attached hydrogens (primary N) is 1. The van der Waals surface area contributed by atoms with Crippen molar-refractivity contribution in [2.75, 3.05) is 17.7 Å². The second kappa shape index (κ2) is 11.4. The average molecular weight is 568 g/mol. The van der Waals surface area contributed by atoms with E-state index in [-0.39, 0.29) is 40.3 Å². The van der Waals surface area contributed by atoms with E-state index in [0.717, 1.165) is 16.2 Å². The number of carboxylic acid groups (broad SMARTS) is 1.